The molecular formula is C15H14N4O2. The van der Waals surface area contributed by atoms with Gasteiger partial charge in [-0.15, -0.1) is 0 Å². The van der Waals surface area contributed by atoms with Gasteiger partial charge in [0.25, 0.3) is 0 Å². The molecule has 0 aliphatic heterocycles. The van der Waals surface area contributed by atoms with Gasteiger partial charge in [0.15, 0.2) is 0 Å². The summed E-state index contributed by atoms with van der Waals surface area (Å²) >= 11 is 0. The lowest BCUT2D eigenvalue weighted by Gasteiger charge is -2.05. The summed E-state index contributed by atoms with van der Waals surface area (Å²) in [6, 6.07) is 9.55. The van der Waals surface area contributed by atoms with E-state index in [9.17, 15) is 4.79 Å². The van der Waals surface area contributed by atoms with Crippen LogP contribution in [0, 0.1) is 0 Å². The smallest absolute Gasteiger partial charge is 0.341 e. The van der Waals surface area contributed by atoms with Gasteiger partial charge in [-0.2, -0.15) is 10.2 Å². The topological polar surface area (TPSA) is 61.9 Å². The van der Waals surface area contributed by atoms with Gasteiger partial charge in [0.2, 0.25) is 0 Å². The Morgan fingerprint density at radius 2 is 2.05 bits per heavy atom. The number of carbonyl (C=O) groups is 1. The van der Waals surface area contributed by atoms with Crippen LogP contribution in [0.4, 0.5) is 0 Å². The van der Waals surface area contributed by atoms with E-state index in [0.717, 1.165) is 11.3 Å². The van der Waals surface area contributed by atoms with Gasteiger partial charge >= 0.3 is 5.97 Å². The highest BCUT2D eigenvalue weighted by atomic mass is 16.5. The molecule has 6 nitrogen and oxygen atoms in total. The minimum absolute atomic E-state index is 0.229. The molecule has 0 radical (unpaired) electrons. The van der Waals surface area contributed by atoms with E-state index in [1.807, 2.05) is 36.5 Å². The number of aryl methyl sites for hydroxylation is 1. The molecule has 3 aromatic rings. The zero-order chi connectivity index (χ0) is 14.7. The van der Waals surface area contributed by atoms with E-state index in [1.165, 1.54) is 6.20 Å². The molecule has 0 amide bonds. The third kappa shape index (κ3) is 3.00. The normalized spacial score (nSPS) is 10.5. The van der Waals surface area contributed by atoms with Crippen LogP contribution in [-0.4, -0.2) is 25.5 Å². The van der Waals surface area contributed by atoms with Crippen molar-refractivity contribution in [2.75, 3.05) is 0 Å². The van der Waals surface area contributed by atoms with Gasteiger partial charge in [-0.05, 0) is 23.8 Å². The molecule has 6 heteroatoms. The Bertz CT molecular complexity index is 729. The van der Waals surface area contributed by atoms with Crippen LogP contribution >= 0.6 is 0 Å². The average molecular weight is 282 g/mol. The molecule has 3 rings (SSSR count). The molecule has 0 N–H and O–H groups in total. The van der Waals surface area contributed by atoms with Gasteiger partial charge in [0, 0.05) is 25.6 Å². The van der Waals surface area contributed by atoms with Gasteiger partial charge in [-0.1, -0.05) is 12.1 Å². The minimum Gasteiger partial charge on any atom is -0.457 e. The van der Waals surface area contributed by atoms with Gasteiger partial charge in [0.1, 0.15) is 6.61 Å². The van der Waals surface area contributed by atoms with Crippen LogP contribution in [0.1, 0.15) is 15.9 Å². The van der Waals surface area contributed by atoms with Crippen LogP contribution in [0.25, 0.3) is 5.69 Å². The summed E-state index contributed by atoms with van der Waals surface area (Å²) < 4.78 is 8.58. The molecule has 1 aromatic carbocycles. The van der Waals surface area contributed by atoms with E-state index in [1.54, 1.807) is 28.8 Å². The van der Waals surface area contributed by atoms with E-state index in [2.05, 4.69) is 10.2 Å². The standard InChI is InChI=1S/C15H14N4O2/c1-18-10-13(9-17-18)15(20)21-11-12-3-5-14(6-4-12)19-8-2-7-16-19/h2-10H,11H2,1H3. The predicted molar refractivity (Wildman–Crippen MR) is 75.9 cm³/mol. The summed E-state index contributed by atoms with van der Waals surface area (Å²) in [6.07, 6.45) is 6.72. The van der Waals surface area contributed by atoms with Gasteiger partial charge < -0.3 is 4.74 Å². The molecule has 0 aliphatic carbocycles. The molecule has 0 saturated heterocycles. The van der Waals surface area contributed by atoms with Crippen molar-refractivity contribution < 1.29 is 9.53 Å². The number of esters is 1. The second-order valence-corrected chi connectivity index (χ2v) is 4.60. The summed E-state index contributed by atoms with van der Waals surface area (Å²) in [5.74, 6) is -0.376. The van der Waals surface area contributed by atoms with Crippen molar-refractivity contribution in [2.24, 2.45) is 7.05 Å². The monoisotopic (exact) mass is 282 g/mol. The lowest BCUT2D eigenvalue weighted by molar-refractivity contribution is 0.0472. The van der Waals surface area contributed by atoms with E-state index < -0.39 is 0 Å². The molecule has 21 heavy (non-hydrogen) atoms. The van der Waals surface area contributed by atoms with Crippen LogP contribution in [0.2, 0.25) is 0 Å². The summed E-state index contributed by atoms with van der Waals surface area (Å²) in [7, 11) is 1.75. The Balaban J connectivity index is 1.62. The molecule has 0 aliphatic rings. The van der Waals surface area contributed by atoms with Crippen molar-refractivity contribution in [3.8, 4) is 5.69 Å². The number of carbonyl (C=O) groups excluding carboxylic acids is 1. The fraction of sp³-hybridized carbons (Fsp3) is 0.133. The maximum atomic E-state index is 11.8. The Hall–Kier alpha value is -2.89. The molecule has 2 aromatic heterocycles. The molecule has 2 heterocycles. The van der Waals surface area contributed by atoms with E-state index in [-0.39, 0.29) is 12.6 Å². The predicted octanol–water partition coefficient (Wildman–Crippen LogP) is 1.96. The Morgan fingerprint density at radius 1 is 1.24 bits per heavy atom. The van der Waals surface area contributed by atoms with Crippen molar-refractivity contribution >= 4 is 5.97 Å². The summed E-state index contributed by atoms with van der Waals surface area (Å²) in [4.78, 5) is 11.8. The van der Waals surface area contributed by atoms with Gasteiger partial charge in [0.05, 0.1) is 17.4 Å². The highest BCUT2D eigenvalue weighted by molar-refractivity contribution is 5.88. The van der Waals surface area contributed by atoms with Crippen LogP contribution in [0.3, 0.4) is 0 Å². The second kappa shape index (κ2) is 5.62. The number of rotatable bonds is 4. The van der Waals surface area contributed by atoms with Crippen LogP contribution in [0.15, 0.2) is 55.1 Å². The molecule has 0 spiro atoms. The molecule has 0 fully saturated rings. The fourth-order valence-electron chi connectivity index (χ4n) is 1.93. The maximum Gasteiger partial charge on any atom is 0.341 e. The lowest BCUT2D eigenvalue weighted by Crippen LogP contribution is -2.04. The number of hydrogen-bond donors (Lipinski definition) is 0. The number of hydrogen-bond acceptors (Lipinski definition) is 4. The highest BCUT2D eigenvalue weighted by Crippen LogP contribution is 2.10. The Morgan fingerprint density at radius 3 is 2.67 bits per heavy atom. The average Bonchev–Trinajstić information content (AvgIpc) is 3.16. The second-order valence-electron chi connectivity index (χ2n) is 4.60. The van der Waals surface area contributed by atoms with E-state index in [0.29, 0.717) is 5.56 Å². The number of benzene rings is 1. The first-order valence-corrected chi connectivity index (χ1v) is 6.47. The minimum atomic E-state index is -0.376. The number of nitrogens with zero attached hydrogens (tertiary/aromatic N) is 4. The van der Waals surface area contributed by atoms with Crippen molar-refractivity contribution in [3.63, 3.8) is 0 Å². The van der Waals surface area contributed by atoms with Gasteiger partial charge in [-0.25, -0.2) is 9.48 Å². The summed E-state index contributed by atoms with van der Waals surface area (Å²) in [5.41, 5.74) is 2.33. The zero-order valence-corrected chi connectivity index (χ0v) is 11.5. The summed E-state index contributed by atoms with van der Waals surface area (Å²) in [5, 5.41) is 8.09. The van der Waals surface area contributed by atoms with E-state index in [4.69, 9.17) is 4.74 Å². The Labute approximate surface area is 121 Å². The first-order valence-electron chi connectivity index (χ1n) is 6.47. The molecule has 0 bridgehead atoms. The number of ether oxygens (including phenoxy) is 1. The molecule has 0 unspecified atom stereocenters. The molecule has 106 valence electrons. The van der Waals surface area contributed by atoms with Crippen molar-refractivity contribution in [2.45, 2.75) is 6.61 Å². The van der Waals surface area contributed by atoms with Gasteiger partial charge in [-0.3, -0.25) is 4.68 Å². The third-order valence-corrected chi connectivity index (χ3v) is 3.02. The first kappa shape index (κ1) is 13.1. The quantitative estimate of drug-likeness (QED) is 0.686. The highest BCUT2D eigenvalue weighted by Gasteiger charge is 2.09. The number of aromatic nitrogens is 4. The largest absolute Gasteiger partial charge is 0.457 e. The maximum absolute atomic E-state index is 11.8. The van der Waals surface area contributed by atoms with Crippen LogP contribution in [-0.2, 0) is 18.4 Å². The van der Waals surface area contributed by atoms with Crippen LogP contribution < -0.4 is 0 Å². The third-order valence-electron chi connectivity index (χ3n) is 3.02. The molecular weight excluding hydrogens is 268 g/mol. The van der Waals surface area contributed by atoms with E-state index >= 15 is 0 Å². The zero-order valence-electron chi connectivity index (χ0n) is 11.5. The van der Waals surface area contributed by atoms with Crippen molar-refractivity contribution in [1.29, 1.82) is 0 Å². The molecule has 0 saturated carbocycles. The van der Waals surface area contributed by atoms with Crippen LogP contribution in [0.5, 0.6) is 0 Å². The fourth-order valence-corrected chi connectivity index (χ4v) is 1.93. The SMILES string of the molecule is Cn1cc(C(=O)OCc2ccc(-n3cccn3)cc2)cn1. The lowest BCUT2D eigenvalue weighted by atomic mass is 10.2. The Kier molecular flexibility index (Phi) is 3.51. The van der Waals surface area contributed by atoms with Crippen molar-refractivity contribution in [3.05, 3.63) is 66.2 Å². The van der Waals surface area contributed by atoms with Crippen molar-refractivity contribution in [1.82, 2.24) is 19.6 Å². The summed E-state index contributed by atoms with van der Waals surface area (Å²) in [6.45, 7) is 0.229. The molecule has 0 atom stereocenters. The first-order chi connectivity index (χ1) is 10.2.